The van der Waals surface area contributed by atoms with Gasteiger partial charge in [0.15, 0.2) is 0 Å². The summed E-state index contributed by atoms with van der Waals surface area (Å²) in [6, 6.07) is 7.92. The van der Waals surface area contributed by atoms with Gasteiger partial charge in [0, 0.05) is 12.3 Å². The molecular weight excluding hydrogens is 200 g/mol. The zero-order valence-corrected chi connectivity index (χ0v) is 10.2. The van der Waals surface area contributed by atoms with Crippen LogP contribution in [0.4, 0.5) is 0 Å². The van der Waals surface area contributed by atoms with Gasteiger partial charge in [-0.05, 0) is 31.4 Å². The molecule has 0 amide bonds. The highest BCUT2D eigenvalue weighted by molar-refractivity contribution is 5.62. The van der Waals surface area contributed by atoms with Gasteiger partial charge in [0.1, 0.15) is 6.29 Å². The Morgan fingerprint density at radius 1 is 1.44 bits per heavy atom. The Labute approximate surface area is 97.3 Å². The van der Waals surface area contributed by atoms with Crippen LogP contribution in [0.3, 0.4) is 0 Å². The molecule has 1 rings (SSSR count). The summed E-state index contributed by atoms with van der Waals surface area (Å²) in [5.41, 5.74) is 1.41. The first kappa shape index (κ1) is 12.9. The number of aldehydes is 1. The molecule has 1 unspecified atom stereocenters. The van der Waals surface area contributed by atoms with Crippen LogP contribution in [0.5, 0.6) is 0 Å². The predicted molar refractivity (Wildman–Crippen MR) is 65.5 cm³/mol. The van der Waals surface area contributed by atoms with Gasteiger partial charge in [0.25, 0.3) is 0 Å². The van der Waals surface area contributed by atoms with E-state index in [2.05, 4.69) is 0 Å². The Morgan fingerprint density at radius 3 is 2.62 bits per heavy atom. The van der Waals surface area contributed by atoms with E-state index in [4.69, 9.17) is 0 Å². The van der Waals surface area contributed by atoms with Crippen molar-refractivity contribution < 1.29 is 9.90 Å². The number of hydrogen-bond acceptors (Lipinski definition) is 2. The minimum atomic E-state index is -0.707. The largest absolute Gasteiger partial charge is 0.390 e. The van der Waals surface area contributed by atoms with Crippen molar-refractivity contribution >= 4 is 6.29 Å². The molecule has 88 valence electrons. The maximum absolute atomic E-state index is 10.9. The van der Waals surface area contributed by atoms with Crippen LogP contribution in [0.15, 0.2) is 24.3 Å². The fourth-order valence-electron chi connectivity index (χ4n) is 1.84. The highest BCUT2D eigenvalue weighted by Gasteiger charge is 2.14. The lowest BCUT2D eigenvalue weighted by Gasteiger charge is -2.18. The molecule has 0 saturated heterocycles. The van der Waals surface area contributed by atoms with Crippen LogP contribution in [0.1, 0.15) is 44.2 Å². The minimum Gasteiger partial charge on any atom is -0.390 e. The second-order valence-electron chi connectivity index (χ2n) is 4.89. The van der Waals surface area contributed by atoms with E-state index in [0.29, 0.717) is 6.42 Å². The van der Waals surface area contributed by atoms with Crippen molar-refractivity contribution in [2.24, 2.45) is 0 Å². The second kappa shape index (κ2) is 5.26. The number of aliphatic hydroxyl groups is 1. The number of hydrogen-bond donors (Lipinski definition) is 1. The van der Waals surface area contributed by atoms with Crippen molar-refractivity contribution in [1.82, 2.24) is 0 Å². The average molecular weight is 220 g/mol. The molecule has 0 fully saturated rings. The molecule has 2 nitrogen and oxygen atoms in total. The SMILES string of the molecule is CCC(C=O)c1cccc(CC(C)(C)O)c1. The Balaban J connectivity index is 2.90. The molecule has 1 N–H and O–H groups in total. The first-order valence-corrected chi connectivity index (χ1v) is 5.73. The highest BCUT2D eigenvalue weighted by atomic mass is 16.3. The van der Waals surface area contributed by atoms with Gasteiger partial charge >= 0.3 is 0 Å². The summed E-state index contributed by atoms with van der Waals surface area (Å²) in [6.07, 6.45) is 2.41. The number of benzene rings is 1. The molecule has 0 aromatic heterocycles. The van der Waals surface area contributed by atoms with Gasteiger partial charge < -0.3 is 9.90 Å². The van der Waals surface area contributed by atoms with Crippen LogP contribution in [0.2, 0.25) is 0 Å². The zero-order chi connectivity index (χ0) is 12.2. The molecule has 0 aliphatic rings. The van der Waals surface area contributed by atoms with Crippen molar-refractivity contribution in [3.05, 3.63) is 35.4 Å². The first-order valence-electron chi connectivity index (χ1n) is 5.73. The smallest absolute Gasteiger partial charge is 0.127 e. The third-order valence-electron chi connectivity index (χ3n) is 2.62. The molecule has 0 heterocycles. The molecule has 0 aliphatic heterocycles. The van der Waals surface area contributed by atoms with E-state index >= 15 is 0 Å². The van der Waals surface area contributed by atoms with Crippen molar-refractivity contribution in [2.45, 2.75) is 45.1 Å². The lowest BCUT2D eigenvalue weighted by molar-refractivity contribution is -0.109. The van der Waals surface area contributed by atoms with E-state index in [1.54, 1.807) is 13.8 Å². The fourth-order valence-corrected chi connectivity index (χ4v) is 1.84. The zero-order valence-electron chi connectivity index (χ0n) is 10.2. The number of rotatable bonds is 5. The van der Waals surface area contributed by atoms with Crippen LogP contribution in [-0.2, 0) is 11.2 Å². The molecule has 16 heavy (non-hydrogen) atoms. The quantitative estimate of drug-likeness (QED) is 0.775. The summed E-state index contributed by atoms with van der Waals surface area (Å²) in [7, 11) is 0. The Morgan fingerprint density at radius 2 is 2.12 bits per heavy atom. The highest BCUT2D eigenvalue weighted by Crippen LogP contribution is 2.20. The molecule has 0 bridgehead atoms. The fraction of sp³-hybridized carbons (Fsp3) is 0.500. The van der Waals surface area contributed by atoms with Crippen molar-refractivity contribution in [3.63, 3.8) is 0 Å². The molecule has 1 aromatic carbocycles. The Kier molecular flexibility index (Phi) is 4.25. The van der Waals surface area contributed by atoms with Gasteiger partial charge in [-0.3, -0.25) is 0 Å². The monoisotopic (exact) mass is 220 g/mol. The van der Waals surface area contributed by atoms with Gasteiger partial charge in [-0.1, -0.05) is 31.2 Å². The van der Waals surface area contributed by atoms with Crippen LogP contribution in [0, 0.1) is 0 Å². The van der Waals surface area contributed by atoms with E-state index in [1.165, 1.54) is 0 Å². The van der Waals surface area contributed by atoms with Crippen LogP contribution >= 0.6 is 0 Å². The maximum atomic E-state index is 10.9. The third-order valence-corrected chi connectivity index (χ3v) is 2.62. The van der Waals surface area contributed by atoms with Crippen LogP contribution < -0.4 is 0 Å². The predicted octanol–water partition coefficient (Wildman–Crippen LogP) is 2.69. The van der Waals surface area contributed by atoms with Crippen molar-refractivity contribution in [2.75, 3.05) is 0 Å². The normalized spacial score (nSPS) is 13.5. The average Bonchev–Trinajstić information content (AvgIpc) is 2.17. The first-order chi connectivity index (χ1) is 7.46. The third kappa shape index (κ3) is 3.78. The summed E-state index contributed by atoms with van der Waals surface area (Å²) >= 11 is 0. The van der Waals surface area contributed by atoms with E-state index in [-0.39, 0.29) is 5.92 Å². The molecule has 1 aromatic rings. The van der Waals surface area contributed by atoms with Gasteiger partial charge in [-0.15, -0.1) is 0 Å². The minimum absolute atomic E-state index is 0.0262. The van der Waals surface area contributed by atoms with Crippen molar-refractivity contribution in [1.29, 1.82) is 0 Å². The lowest BCUT2D eigenvalue weighted by atomic mass is 9.92. The molecule has 0 radical (unpaired) electrons. The standard InChI is InChI=1S/C14H20O2/c1-4-12(10-15)13-7-5-6-11(8-13)9-14(2,3)16/h5-8,10,12,16H,4,9H2,1-3H3. The van der Waals surface area contributed by atoms with E-state index in [1.807, 2.05) is 31.2 Å². The Hall–Kier alpha value is -1.15. The molecule has 0 spiro atoms. The van der Waals surface area contributed by atoms with Crippen LogP contribution in [0.25, 0.3) is 0 Å². The van der Waals surface area contributed by atoms with Crippen molar-refractivity contribution in [3.8, 4) is 0 Å². The summed E-state index contributed by atoms with van der Waals surface area (Å²) < 4.78 is 0. The second-order valence-corrected chi connectivity index (χ2v) is 4.89. The molecule has 1 atom stereocenters. The molecule has 2 heteroatoms. The summed E-state index contributed by atoms with van der Waals surface area (Å²) in [5.74, 6) is -0.0262. The van der Waals surface area contributed by atoms with Gasteiger partial charge in [-0.2, -0.15) is 0 Å². The van der Waals surface area contributed by atoms with Crippen LogP contribution in [-0.4, -0.2) is 17.0 Å². The lowest BCUT2D eigenvalue weighted by Crippen LogP contribution is -2.21. The molecule has 0 saturated carbocycles. The topological polar surface area (TPSA) is 37.3 Å². The number of carbonyl (C=O) groups is 1. The number of carbonyl (C=O) groups excluding carboxylic acids is 1. The van der Waals surface area contributed by atoms with Gasteiger partial charge in [0.2, 0.25) is 0 Å². The summed E-state index contributed by atoms with van der Waals surface area (Å²) in [4.78, 5) is 10.9. The van der Waals surface area contributed by atoms with E-state index in [0.717, 1.165) is 23.8 Å². The van der Waals surface area contributed by atoms with E-state index in [9.17, 15) is 9.90 Å². The van der Waals surface area contributed by atoms with Gasteiger partial charge in [-0.25, -0.2) is 0 Å². The summed E-state index contributed by atoms with van der Waals surface area (Å²) in [5, 5.41) is 9.75. The summed E-state index contributed by atoms with van der Waals surface area (Å²) in [6.45, 7) is 5.58. The maximum Gasteiger partial charge on any atom is 0.127 e. The van der Waals surface area contributed by atoms with E-state index < -0.39 is 5.60 Å². The molecule has 0 aliphatic carbocycles. The molecular formula is C14H20O2. The van der Waals surface area contributed by atoms with Gasteiger partial charge in [0.05, 0.1) is 5.60 Å². The Bertz CT molecular complexity index is 350.